The third-order valence-corrected chi connectivity index (χ3v) is 2.89. The number of nitrogens with one attached hydrogen (secondary N) is 1. The Bertz CT molecular complexity index is 276. The van der Waals surface area contributed by atoms with E-state index in [0.29, 0.717) is 5.82 Å². The van der Waals surface area contributed by atoms with Crippen molar-refractivity contribution in [2.75, 3.05) is 6.54 Å². The largest absolute Gasteiger partial charge is 0.392 e. The number of hydrogen-bond donors (Lipinski definition) is 2. The van der Waals surface area contributed by atoms with Crippen molar-refractivity contribution in [2.24, 2.45) is 0 Å². The van der Waals surface area contributed by atoms with E-state index in [-0.39, 0.29) is 12.1 Å². The maximum Gasteiger partial charge on any atom is 0.213 e. The Morgan fingerprint density at radius 2 is 2.33 bits per heavy atom. The highest BCUT2D eigenvalue weighted by molar-refractivity contribution is 4.83. The van der Waals surface area contributed by atoms with Gasteiger partial charge in [-0.15, -0.1) is 0 Å². The minimum absolute atomic E-state index is 0.191. The highest BCUT2D eigenvalue weighted by Crippen LogP contribution is 2.18. The molecule has 5 nitrogen and oxygen atoms in total. The van der Waals surface area contributed by atoms with Crippen LogP contribution in [0.1, 0.15) is 31.5 Å². The Hall–Kier alpha value is -0.940. The van der Waals surface area contributed by atoms with Gasteiger partial charge >= 0.3 is 0 Å². The zero-order chi connectivity index (χ0) is 10.5. The van der Waals surface area contributed by atoms with Gasteiger partial charge < -0.3 is 14.9 Å². The molecule has 0 aromatic carbocycles. The van der Waals surface area contributed by atoms with Crippen molar-refractivity contribution < 1.29 is 9.63 Å². The average molecular weight is 211 g/mol. The number of aliphatic hydroxyl groups excluding tert-OH is 1. The van der Waals surface area contributed by atoms with Gasteiger partial charge in [-0.2, -0.15) is 4.98 Å². The zero-order valence-corrected chi connectivity index (χ0v) is 8.72. The van der Waals surface area contributed by atoms with Crippen LogP contribution in [0.5, 0.6) is 0 Å². The van der Waals surface area contributed by atoms with Crippen molar-refractivity contribution in [3.05, 3.63) is 12.2 Å². The van der Waals surface area contributed by atoms with Gasteiger partial charge in [0.2, 0.25) is 6.39 Å². The van der Waals surface area contributed by atoms with Gasteiger partial charge in [-0.3, -0.25) is 0 Å². The molecule has 1 fully saturated rings. The second kappa shape index (κ2) is 5.23. The van der Waals surface area contributed by atoms with E-state index in [1.54, 1.807) is 0 Å². The summed E-state index contributed by atoms with van der Waals surface area (Å²) in [5.74, 6) is 0.716. The second-order valence-corrected chi connectivity index (χ2v) is 4.01. The predicted octanol–water partition coefficient (Wildman–Crippen LogP) is 0.505. The molecule has 1 heterocycles. The van der Waals surface area contributed by atoms with Crippen molar-refractivity contribution in [1.82, 2.24) is 15.5 Å². The van der Waals surface area contributed by atoms with Crippen LogP contribution in [0.3, 0.4) is 0 Å². The third kappa shape index (κ3) is 3.00. The summed E-state index contributed by atoms with van der Waals surface area (Å²) in [6.45, 7) is 0.793. The van der Waals surface area contributed by atoms with E-state index in [1.807, 2.05) is 0 Å². The lowest BCUT2D eigenvalue weighted by atomic mass is 9.92. The van der Waals surface area contributed by atoms with Crippen LogP contribution < -0.4 is 5.32 Å². The lowest BCUT2D eigenvalue weighted by molar-refractivity contribution is 0.0913. The molecule has 0 saturated heterocycles. The Morgan fingerprint density at radius 1 is 1.47 bits per heavy atom. The topological polar surface area (TPSA) is 71.2 Å². The van der Waals surface area contributed by atoms with Gasteiger partial charge in [0.1, 0.15) is 0 Å². The Morgan fingerprint density at radius 3 is 3.07 bits per heavy atom. The first-order valence-corrected chi connectivity index (χ1v) is 5.53. The van der Waals surface area contributed by atoms with Gasteiger partial charge in [0.05, 0.1) is 6.10 Å². The number of aromatic nitrogens is 2. The molecular weight excluding hydrogens is 194 g/mol. The van der Waals surface area contributed by atoms with Gasteiger partial charge in [-0.1, -0.05) is 18.0 Å². The summed E-state index contributed by atoms with van der Waals surface area (Å²) in [6.07, 6.45) is 6.22. The molecule has 1 aliphatic rings. The fraction of sp³-hybridized carbons (Fsp3) is 0.800. The molecule has 1 aromatic rings. The average Bonchev–Trinajstić information content (AvgIpc) is 2.74. The van der Waals surface area contributed by atoms with Gasteiger partial charge in [0, 0.05) is 19.0 Å². The van der Waals surface area contributed by atoms with E-state index in [1.165, 1.54) is 12.8 Å². The van der Waals surface area contributed by atoms with Crippen LogP contribution in [0, 0.1) is 0 Å². The van der Waals surface area contributed by atoms with E-state index in [4.69, 9.17) is 0 Å². The zero-order valence-electron chi connectivity index (χ0n) is 8.72. The number of rotatable bonds is 4. The van der Waals surface area contributed by atoms with Gasteiger partial charge in [0.15, 0.2) is 5.82 Å². The number of nitrogens with zero attached hydrogens (tertiary/aromatic N) is 2. The number of aliphatic hydroxyl groups is 1. The molecule has 0 amide bonds. The molecule has 2 N–H and O–H groups in total. The molecule has 5 heteroatoms. The molecule has 15 heavy (non-hydrogen) atoms. The minimum atomic E-state index is -0.191. The first kappa shape index (κ1) is 10.6. The van der Waals surface area contributed by atoms with E-state index in [0.717, 1.165) is 32.2 Å². The van der Waals surface area contributed by atoms with E-state index in [9.17, 15) is 5.11 Å². The number of hydrogen-bond acceptors (Lipinski definition) is 5. The lowest BCUT2D eigenvalue weighted by Crippen LogP contribution is -2.42. The first-order chi connectivity index (χ1) is 7.36. The fourth-order valence-corrected chi connectivity index (χ4v) is 2.02. The van der Waals surface area contributed by atoms with E-state index < -0.39 is 0 Å². The molecule has 1 aliphatic carbocycles. The summed E-state index contributed by atoms with van der Waals surface area (Å²) in [5, 5.41) is 16.8. The molecule has 2 atom stereocenters. The van der Waals surface area contributed by atoms with Crippen molar-refractivity contribution in [1.29, 1.82) is 0 Å². The molecule has 84 valence electrons. The lowest BCUT2D eigenvalue weighted by Gasteiger charge is -2.28. The highest BCUT2D eigenvalue weighted by Gasteiger charge is 2.21. The molecule has 1 saturated carbocycles. The molecule has 0 spiro atoms. The Balaban J connectivity index is 1.68. The fourth-order valence-electron chi connectivity index (χ4n) is 2.02. The van der Waals surface area contributed by atoms with Gasteiger partial charge in [-0.05, 0) is 12.8 Å². The Labute approximate surface area is 88.9 Å². The molecule has 0 radical (unpaired) electrons. The maximum absolute atomic E-state index is 9.71. The summed E-state index contributed by atoms with van der Waals surface area (Å²) < 4.78 is 4.64. The second-order valence-electron chi connectivity index (χ2n) is 4.01. The van der Waals surface area contributed by atoms with Crippen LogP contribution >= 0.6 is 0 Å². The summed E-state index contributed by atoms with van der Waals surface area (Å²) >= 11 is 0. The molecule has 0 bridgehead atoms. The maximum atomic E-state index is 9.71. The van der Waals surface area contributed by atoms with Crippen LogP contribution in [0.2, 0.25) is 0 Å². The quantitative estimate of drug-likeness (QED) is 0.759. The predicted molar refractivity (Wildman–Crippen MR) is 54.3 cm³/mol. The minimum Gasteiger partial charge on any atom is -0.392 e. The van der Waals surface area contributed by atoms with Crippen LogP contribution in [-0.2, 0) is 6.42 Å². The first-order valence-electron chi connectivity index (χ1n) is 5.53. The van der Waals surface area contributed by atoms with Gasteiger partial charge in [-0.25, -0.2) is 0 Å². The van der Waals surface area contributed by atoms with Gasteiger partial charge in [0.25, 0.3) is 0 Å². The highest BCUT2D eigenvalue weighted by atomic mass is 16.5. The third-order valence-electron chi connectivity index (χ3n) is 2.89. The van der Waals surface area contributed by atoms with Crippen LogP contribution in [0.25, 0.3) is 0 Å². The molecular formula is C10H17N3O2. The smallest absolute Gasteiger partial charge is 0.213 e. The van der Waals surface area contributed by atoms with Crippen molar-refractivity contribution in [3.8, 4) is 0 Å². The molecule has 1 aromatic heterocycles. The summed E-state index contributed by atoms with van der Waals surface area (Å²) in [5.41, 5.74) is 0. The molecule has 0 unspecified atom stereocenters. The van der Waals surface area contributed by atoms with Crippen LogP contribution in [0.15, 0.2) is 10.9 Å². The summed E-state index contributed by atoms with van der Waals surface area (Å²) in [4.78, 5) is 3.94. The van der Waals surface area contributed by atoms with Crippen molar-refractivity contribution in [2.45, 2.75) is 44.2 Å². The SMILES string of the molecule is O[C@@H]1CCCC[C@H]1NCCc1ncon1. The monoisotopic (exact) mass is 211 g/mol. The Kier molecular flexibility index (Phi) is 3.69. The van der Waals surface area contributed by atoms with E-state index >= 15 is 0 Å². The van der Waals surface area contributed by atoms with Crippen molar-refractivity contribution >= 4 is 0 Å². The van der Waals surface area contributed by atoms with Crippen molar-refractivity contribution in [3.63, 3.8) is 0 Å². The standard InChI is InChI=1S/C10H17N3O2/c14-9-4-2-1-3-8(9)11-6-5-10-12-7-15-13-10/h7-9,11,14H,1-6H2/t8-,9-/m1/s1. The molecule has 0 aliphatic heterocycles. The van der Waals surface area contributed by atoms with Crippen LogP contribution in [0.4, 0.5) is 0 Å². The van der Waals surface area contributed by atoms with E-state index in [2.05, 4.69) is 20.0 Å². The van der Waals surface area contributed by atoms with Crippen LogP contribution in [-0.4, -0.2) is 33.9 Å². The summed E-state index contributed by atoms with van der Waals surface area (Å²) in [6, 6.07) is 0.241. The normalized spacial score (nSPS) is 26.7. The summed E-state index contributed by atoms with van der Waals surface area (Å²) in [7, 11) is 0. The molecule has 2 rings (SSSR count).